The fraction of sp³-hybridized carbons (Fsp3) is 0.188. The molecule has 0 unspecified atom stereocenters. The summed E-state index contributed by atoms with van der Waals surface area (Å²) in [5.74, 6) is -0.204. The summed E-state index contributed by atoms with van der Waals surface area (Å²) in [4.78, 5) is 2.58. The van der Waals surface area contributed by atoms with Crippen molar-refractivity contribution >= 4 is 17.2 Å². The molecule has 0 aromatic heterocycles. The summed E-state index contributed by atoms with van der Waals surface area (Å²) in [6.07, 6.45) is 0. The van der Waals surface area contributed by atoms with E-state index in [1.807, 2.05) is 43.4 Å². The molecule has 0 radical (unpaired) electrons. The molecule has 2 rings (SSSR count). The number of nitrogens with zero attached hydrogens (tertiary/aromatic N) is 1. The van der Waals surface area contributed by atoms with Crippen LogP contribution in [0.1, 0.15) is 16.7 Å². The minimum atomic E-state index is -0.204. The Morgan fingerprint density at radius 1 is 1.00 bits per heavy atom. The Balaban J connectivity index is 1.95. The molecule has 0 spiro atoms. The number of nitrogens with two attached hydrogens (primary N) is 1. The molecule has 2 nitrogen and oxygen atoms in total. The number of halogens is 1. The van der Waals surface area contributed by atoms with Gasteiger partial charge in [-0.1, -0.05) is 48.6 Å². The molecule has 0 heterocycles. The van der Waals surface area contributed by atoms with Gasteiger partial charge in [0, 0.05) is 18.7 Å². The highest BCUT2D eigenvalue weighted by Crippen LogP contribution is 2.10. The molecule has 0 aliphatic heterocycles. The minimum Gasteiger partial charge on any atom is -0.389 e. The summed E-state index contributed by atoms with van der Waals surface area (Å²) >= 11 is 4.93. The summed E-state index contributed by atoms with van der Waals surface area (Å²) < 4.78 is 12.8. The highest BCUT2D eigenvalue weighted by atomic mass is 32.1. The van der Waals surface area contributed by atoms with Crippen LogP contribution in [0.2, 0.25) is 0 Å². The average Bonchev–Trinajstić information content (AvgIpc) is 2.42. The van der Waals surface area contributed by atoms with Crippen molar-refractivity contribution in [2.75, 3.05) is 7.05 Å². The molecule has 0 aliphatic rings. The molecule has 0 saturated carbocycles. The Morgan fingerprint density at radius 2 is 1.45 bits per heavy atom. The molecule has 104 valence electrons. The maximum atomic E-state index is 12.8. The number of hydrogen-bond donors (Lipinski definition) is 1. The lowest BCUT2D eigenvalue weighted by atomic mass is 10.1. The number of benzene rings is 2. The van der Waals surface area contributed by atoms with Gasteiger partial charge in [-0.3, -0.25) is 4.90 Å². The zero-order chi connectivity index (χ0) is 14.5. The smallest absolute Gasteiger partial charge is 0.123 e. The van der Waals surface area contributed by atoms with Crippen molar-refractivity contribution in [2.24, 2.45) is 5.73 Å². The molecule has 2 aromatic rings. The van der Waals surface area contributed by atoms with Crippen LogP contribution in [0.4, 0.5) is 4.39 Å². The number of hydrogen-bond acceptors (Lipinski definition) is 2. The van der Waals surface area contributed by atoms with Gasteiger partial charge in [-0.25, -0.2) is 4.39 Å². The molecule has 0 atom stereocenters. The summed E-state index contributed by atoms with van der Waals surface area (Å²) in [6.45, 7) is 1.59. The zero-order valence-electron chi connectivity index (χ0n) is 11.3. The highest BCUT2D eigenvalue weighted by molar-refractivity contribution is 7.80. The van der Waals surface area contributed by atoms with Crippen LogP contribution < -0.4 is 5.73 Å². The lowest BCUT2D eigenvalue weighted by molar-refractivity contribution is 0.319. The molecule has 0 bridgehead atoms. The Labute approximate surface area is 124 Å². The van der Waals surface area contributed by atoms with E-state index in [1.165, 1.54) is 17.7 Å². The van der Waals surface area contributed by atoms with E-state index in [9.17, 15) is 4.39 Å². The largest absolute Gasteiger partial charge is 0.389 e. The van der Waals surface area contributed by atoms with E-state index in [0.717, 1.165) is 24.2 Å². The van der Waals surface area contributed by atoms with Crippen molar-refractivity contribution in [3.8, 4) is 0 Å². The second kappa shape index (κ2) is 6.59. The summed E-state index contributed by atoms with van der Waals surface area (Å²) in [7, 11) is 2.03. The third kappa shape index (κ3) is 4.11. The second-order valence-electron chi connectivity index (χ2n) is 4.86. The van der Waals surface area contributed by atoms with Gasteiger partial charge in [0.2, 0.25) is 0 Å². The van der Waals surface area contributed by atoms with Crippen LogP contribution in [-0.2, 0) is 13.1 Å². The average molecular weight is 288 g/mol. The van der Waals surface area contributed by atoms with Crippen molar-refractivity contribution in [3.63, 3.8) is 0 Å². The van der Waals surface area contributed by atoms with E-state index in [0.29, 0.717) is 4.99 Å². The molecule has 4 heteroatoms. The molecule has 0 aliphatic carbocycles. The minimum absolute atomic E-state index is 0.204. The van der Waals surface area contributed by atoms with Gasteiger partial charge in [0.15, 0.2) is 0 Å². The predicted octanol–water partition coefficient (Wildman–Crippen LogP) is 3.09. The summed E-state index contributed by atoms with van der Waals surface area (Å²) in [5, 5.41) is 0. The predicted molar refractivity (Wildman–Crippen MR) is 83.9 cm³/mol. The van der Waals surface area contributed by atoms with Crippen molar-refractivity contribution in [1.29, 1.82) is 0 Å². The van der Waals surface area contributed by atoms with E-state index < -0.39 is 0 Å². The first-order chi connectivity index (χ1) is 9.54. The molecular formula is C16H17FN2S. The van der Waals surface area contributed by atoms with Crippen LogP contribution in [0, 0.1) is 5.82 Å². The van der Waals surface area contributed by atoms with Gasteiger partial charge in [0.05, 0.1) is 0 Å². The first-order valence-corrected chi connectivity index (χ1v) is 6.77. The van der Waals surface area contributed by atoms with Crippen LogP contribution in [0.3, 0.4) is 0 Å². The molecule has 2 aromatic carbocycles. The first-order valence-electron chi connectivity index (χ1n) is 6.36. The van der Waals surface area contributed by atoms with Crippen LogP contribution in [0.15, 0.2) is 48.5 Å². The Hall–Kier alpha value is -1.78. The third-order valence-corrected chi connectivity index (χ3v) is 3.29. The monoisotopic (exact) mass is 288 g/mol. The Morgan fingerprint density at radius 3 is 1.90 bits per heavy atom. The van der Waals surface area contributed by atoms with Crippen LogP contribution in [-0.4, -0.2) is 16.9 Å². The van der Waals surface area contributed by atoms with Crippen molar-refractivity contribution in [3.05, 3.63) is 71.0 Å². The normalized spacial score (nSPS) is 10.8. The fourth-order valence-corrected chi connectivity index (χ4v) is 2.18. The molecule has 0 fully saturated rings. The van der Waals surface area contributed by atoms with Crippen molar-refractivity contribution in [2.45, 2.75) is 13.1 Å². The van der Waals surface area contributed by atoms with Crippen molar-refractivity contribution in [1.82, 2.24) is 4.90 Å². The molecular weight excluding hydrogens is 271 g/mol. The maximum absolute atomic E-state index is 12.8. The van der Waals surface area contributed by atoms with Crippen LogP contribution in [0.5, 0.6) is 0 Å². The van der Waals surface area contributed by atoms with Gasteiger partial charge in [0.1, 0.15) is 10.8 Å². The molecule has 0 saturated heterocycles. The highest BCUT2D eigenvalue weighted by Gasteiger charge is 2.03. The van der Waals surface area contributed by atoms with E-state index in [4.69, 9.17) is 18.0 Å². The first kappa shape index (κ1) is 14.6. The lowest BCUT2D eigenvalue weighted by Crippen LogP contribution is -2.17. The summed E-state index contributed by atoms with van der Waals surface area (Å²) in [6, 6.07) is 14.5. The molecule has 0 amide bonds. The second-order valence-corrected chi connectivity index (χ2v) is 5.30. The van der Waals surface area contributed by atoms with Gasteiger partial charge >= 0.3 is 0 Å². The topological polar surface area (TPSA) is 29.3 Å². The van der Waals surface area contributed by atoms with Crippen LogP contribution >= 0.6 is 12.2 Å². The van der Waals surface area contributed by atoms with E-state index in [-0.39, 0.29) is 5.82 Å². The van der Waals surface area contributed by atoms with E-state index in [2.05, 4.69) is 4.90 Å². The van der Waals surface area contributed by atoms with E-state index in [1.54, 1.807) is 0 Å². The zero-order valence-corrected chi connectivity index (χ0v) is 12.2. The SMILES string of the molecule is CN(Cc1ccc(F)cc1)Cc1ccc(C(N)=S)cc1. The van der Waals surface area contributed by atoms with Gasteiger partial charge in [-0.2, -0.15) is 0 Å². The molecule has 2 N–H and O–H groups in total. The Kier molecular flexibility index (Phi) is 4.82. The number of rotatable bonds is 5. The quantitative estimate of drug-likeness (QED) is 0.857. The Bertz CT molecular complexity index is 578. The molecule has 20 heavy (non-hydrogen) atoms. The van der Waals surface area contributed by atoms with Crippen molar-refractivity contribution < 1.29 is 4.39 Å². The van der Waals surface area contributed by atoms with Gasteiger partial charge in [-0.15, -0.1) is 0 Å². The van der Waals surface area contributed by atoms with Gasteiger partial charge < -0.3 is 5.73 Å². The van der Waals surface area contributed by atoms with Gasteiger partial charge in [0.25, 0.3) is 0 Å². The van der Waals surface area contributed by atoms with Crippen LogP contribution in [0.25, 0.3) is 0 Å². The standard InChI is InChI=1S/C16H17FN2S/c1-19(11-13-4-8-15(17)9-5-13)10-12-2-6-14(7-3-12)16(18)20/h2-9H,10-11H2,1H3,(H2,18,20). The fourth-order valence-electron chi connectivity index (χ4n) is 2.04. The lowest BCUT2D eigenvalue weighted by Gasteiger charge is -2.17. The summed E-state index contributed by atoms with van der Waals surface area (Å²) in [5.41, 5.74) is 8.73. The maximum Gasteiger partial charge on any atom is 0.123 e. The van der Waals surface area contributed by atoms with E-state index >= 15 is 0 Å². The van der Waals surface area contributed by atoms with Gasteiger partial charge in [-0.05, 0) is 30.3 Å². The third-order valence-electron chi connectivity index (χ3n) is 3.06. The number of thiocarbonyl (C=S) groups is 1.